The molecule has 2 rings (SSSR count). The number of carbonyl (C=O) groups is 1. The summed E-state index contributed by atoms with van der Waals surface area (Å²) in [7, 11) is 1.79. The number of hydrogen-bond donors (Lipinski definition) is 0. The predicted octanol–water partition coefficient (Wildman–Crippen LogP) is 1.24. The first-order valence-electron chi connectivity index (χ1n) is 5.59. The highest BCUT2D eigenvalue weighted by Crippen LogP contribution is 2.18. The van der Waals surface area contributed by atoms with Gasteiger partial charge < -0.3 is 9.29 Å². The van der Waals surface area contributed by atoms with E-state index in [2.05, 4.69) is 4.98 Å². The van der Waals surface area contributed by atoms with Gasteiger partial charge in [-0.1, -0.05) is 12.1 Å². The van der Waals surface area contributed by atoms with E-state index in [1.165, 1.54) is 0 Å². The predicted molar refractivity (Wildman–Crippen MR) is 68.6 cm³/mol. The molecule has 0 amide bonds. The van der Waals surface area contributed by atoms with E-state index in [-0.39, 0.29) is 5.75 Å². The van der Waals surface area contributed by atoms with Crippen molar-refractivity contribution in [2.75, 3.05) is 12.4 Å². The molecule has 0 aliphatic rings. The lowest BCUT2D eigenvalue weighted by molar-refractivity contribution is -0.139. The average Bonchev–Trinajstić information content (AvgIpc) is 2.68. The van der Waals surface area contributed by atoms with E-state index < -0.39 is 17.1 Å². The largest absolute Gasteiger partial charge is 0.609 e. The second kappa shape index (κ2) is 5.41. The molecule has 0 bridgehead atoms. The average molecular weight is 266 g/mol. The number of carbonyl (C=O) groups excluding carboxylic acids is 1. The Morgan fingerprint density at radius 2 is 2.22 bits per heavy atom. The third kappa shape index (κ3) is 2.49. The molecule has 0 radical (unpaired) electrons. The molecule has 0 fully saturated rings. The molecule has 0 aliphatic carbocycles. The van der Waals surface area contributed by atoms with Gasteiger partial charge in [0, 0.05) is 18.2 Å². The van der Waals surface area contributed by atoms with Gasteiger partial charge in [-0.05, 0) is 19.1 Å². The van der Waals surface area contributed by atoms with Gasteiger partial charge in [-0.2, -0.15) is 4.98 Å². The number of ether oxygens (including phenoxy) is 1. The lowest BCUT2D eigenvalue weighted by Crippen LogP contribution is -2.21. The SMILES string of the molecule is CCOC(=O)C[S+]([O-])c1nc2ccccc2n1C. The lowest BCUT2D eigenvalue weighted by atomic mass is 10.3. The number of nitrogens with zero attached hydrogens (tertiary/aromatic N) is 2. The number of aromatic nitrogens is 2. The Morgan fingerprint density at radius 1 is 1.50 bits per heavy atom. The van der Waals surface area contributed by atoms with Crippen LogP contribution in [0.3, 0.4) is 0 Å². The van der Waals surface area contributed by atoms with Crippen LogP contribution in [0.5, 0.6) is 0 Å². The van der Waals surface area contributed by atoms with E-state index in [1.54, 1.807) is 18.5 Å². The number of esters is 1. The fourth-order valence-electron chi connectivity index (χ4n) is 1.70. The summed E-state index contributed by atoms with van der Waals surface area (Å²) in [4.78, 5) is 15.6. The van der Waals surface area contributed by atoms with Crippen molar-refractivity contribution in [3.63, 3.8) is 0 Å². The molecule has 1 unspecified atom stereocenters. The number of imidazole rings is 1. The molecule has 6 heteroatoms. The Kier molecular flexibility index (Phi) is 3.88. The zero-order valence-electron chi connectivity index (χ0n) is 10.3. The second-order valence-electron chi connectivity index (χ2n) is 3.74. The third-order valence-electron chi connectivity index (χ3n) is 2.50. The van der Waals surface area contributed by atoms with Crippen molar-refractivity contribution < 1.29 is 14.1 Å². The van der Waals surface area contributed by atoms with Crippen LogP contribution in [0.1, 0.15) is 6.92 Å². The molecule has 0 saturated heterocycles. The van der Waals surface area contributed by atoms with Crippen LogP contribution >= 0.6 is 0 Å². The van der Waals surface area contributed by atoms with Crippen LogP contribution in [-0.2, 0) is 27.8 Å². The van der Waals surface area contributed by atoms with Gasteiger partial charge >= 0.3 is 11.1 Å². The number of benzene rings is 1. The van der Waals surface area contributed by atoms with Crippen LogP contribution in [0.2, 0.25) is 0 Å². The molecule has 0 saturated carbocycles. The van der Waals surface area contributed by atoms with Crippen LogP contribution in [0.15, 0.2) is 29.4 Å². The zero-order chi connectivity index (χ0) is 13.1. The molecule has 18 heavy (non-hydrogen) atoms. The standard InChI is InChI=1S/C12H14N2O3S/c1-3-17-11(15)8-18(16)12-13-9-6-4-5-7-10(9)14(12)2/h4-7H,3,8H2,1-2H3. The maximum atomic E-state index is 12.0. The summed E-state index contributed by atoms with van der Waals surface area (Å²) < 4.78 is 18.6. The molecule has 1 aromatic carbocycles. The summed E-state index contributed by atoms with van der Waals surface area (Å²) in [6.07, 6.45) is 0. The maximum Gasteiger partial charge on any atom is 0.356 e. The van der Waals surface area contributed by atoms with Crippen LogP contribution in [0, 0.1) is 0 Å². The van der Waals surface area contributed by atoms with Gasteiger partial charge in [0.15, 0.2) is 0 Å². The monoisotopic (exact) mass is 266 g/mol. The first-order valence-corrected chi connectivity index (χ1v) is 6.90. The summed E-state index contributed by atoms with van der Waals surface area (Å²) in [5.74, 6) is -0.631. The van der Waals surface area contributed by atoms with E-state index in [4.69, 9.17) is 4.74 Å². The van der Waals surface area contributed by atoms with E-state index >= 15 is 0 Å². The van der Waals surface area contributed by atoms with Gasteiger partial charge in [0.05, 0.1) is 17.6 Å². The summed E-state index contributed by atoms with van der Waals surface area (Å²) in [6, 6.07) is 7.50. The highest BCUT2D eigenvalue weighted by Gasteiger charge is 2.23. The van der Waals surface area contributed by atoms with Gasteiger partial charge in [0.1, 0.15) is 0 Å². The lowest BCUT2D eigenvalue weighted by Gasteiger charge is -2.08. The topological polar surface area (TPSA) is 67.2 Å². The zero-order valence-corrected chi connectivity index (χ0v) is 11.1. The fraction of sp³-hybridized carbons (Fsp3) is 0.333. The minimum atomic E-state index is -1.48. The number of para-hydroxylation sites is 2. The van der Waals surface area contributed by atoms with Crippen LogP contribution < -0.4 is 0 Å². The minimum Gasteiger partial charge on any atom is -0.609 e. The van der Waals surface area contributed by atoms with E-state index in [0.29, 0.717) is 11.8 Å². The van der Waals surface area contributed by atoms with E-state index in [1.807, 2.05) is 24.3 Å². The first kappa shape index (κ1) is 12.9. The molecule has 0 N–H and O–H groups in total. The smallest absolute Gasteiger partial charge is 0.356 e. The molecule has 0 spiro atoms. The van der Waals surface area contributed by atoms with Gasteiger partial charge in [-0.15, -0.1) is 0 Å². The van der Waals surface area contributed by atoms with Crippen molar-refractivity contribution in [3.8, 4) is 0 Å². The van der Waals surface area contributed by atoms with Crippen molar-refractivity contribution >= 4 is 28.2 Å². The molecule has 1 atom stereocenters. The second-order valence-corrected chi connectivity index (χ2v) is 5.08. The third-order valence-corrected chi connectivity index (χ3v) is 3.77. The van der Waals surface area contributed by atoms with E-state index in [9.17, 15) is 9.35 Å². The van der Waals surface area contributed by atoms with Crippen molar-refractivity contribution in [1.29, 1.82) is 0 Å². The summed E-state index contributed by atoms with van der Waals surface area (Å²) in [6.45, 7) is 2.01. The molecule has 1 heterocycles. The summed E-state index contributed by atoms with van der Waals surface area (Å²) in [5, 5.41) is 0.393. The van der Waals surface area contributed by atoms with Crippen LogP contribution in [-0.4, -0.2) is 32.4 Å². The molecule has 5 nitrogen and oxygen atoms in total. The van der Waals surface area contributed by atoms with Crippen molar-refractivity contribution in [2.24, 2.45) is 7.05 Å². The Bertz CT molecular complexity index is 567. The molecule has 1 aromatic heterocycles. The molecule has 96 valence electrons. The molecule has 0 aliphatic heterocycles. The number of rotatable bonds is 4. The normalized spacial score (nSPS) is 12.6. The Labute approximate surface area is 108 Å². The first-order chi connectivity index (χ1) is 8.63. The maximum absolute atomic E-state index is 12.0. The minimum absolute atomic E-state index is 0.162. The number of aryl methyl sites for hydroxylation is 1. The summed E-state index contributed by atoms with van der Waals surface area (Å²) >= 11 is -1.48. The summed E-state index contributed by atoms with van der Waals surface area (Å²) in [5.41, 5.74) is 1.66. The highest BCUT2D eigenvalue weighted by atomic mass is 32.2. The Morgan fingerprint density at radius 3 is 2.89 bits per heavy atom. The van der Waals surface area contributed by atoms with Crippen molar-refractivity contribution in [3.05, 3.63) is 24.3 Å². The van der Waals surface area contributed by atoms with Gasteiger partial charge in [0.25, 0.3) is 0 Å². The highest BCUT2D eigenvalue weighted by molar-refractivity contribution is 7.91. The molecule has 2 aromatic rings. The molecular weight excluding hydrogens is 252 g/mol. The fourth-order valence-corrected chi connectivity index (χ4v) is 2.73. The Balaban J connectivity index is 2.25. The number of fused-ring (bicyclic) bond motifs is 1. The van der Waals surface area contributed by atoms with Crippen LogP contribution in [0.4, 0.5) is 0 Å². The Hall–Kier alpha value is -1.53. The van der Waals surface area contributed by atoms with Crippen molar-refractivity contribution in [1.82, 2.24) is 9.55 Å². The van der Waals surface area contributed by atoms with Gasteiger partial charge in [-0.3, -0.25) is 4.57 Å². The quantitative estimate of drug-likeness (QED) is 0.617. The van der Waals surface area contributed by atoms with Gasteiger partial charge in [0.2, 0.25) is 5.75 Å². The van der Waals surface area contributed by atoms with E-state index in [0.717, 1.165) is 11.0 Å². The molecular formula is C12H14N2O3S. The van der Waals surface area contributed by atoms with Crippen LogP contribution in [0.25, 0.3) is 11.0 Å². The van der Waals surface area contributed by atoms with Gasteiger partial charge in [-0.25, -0.2) is 4.79 Å². The van der Waals surface area contributed by atoms with Crippen molar-refractivity contribution in [2.45, 2.75) is 12.1 Å². The number of hydrogen-bond acceptors (Lipinski definition) is 4.